The van der Waals surface area contributed by atoms with Crippen molar-refractivity contribution in [3.63, 3.8) is 0 Å². The van der Waals surface area contributed by atoms with Crippen molar-refractivity contribution in [2.24, 2.45) is 0 Å². The summed E-state index contributed by atoms with van der Waals surface area (Å²) in [6, 6.07) is 0. The highest BCUT2D eigenvalue weighted by atomic mass is 32.2. The monoisotopic (exact) mass is 364 g/mol. The highest BCUT2D eigenvalue weighted by Crippen LogP contribution is 2.13. The van der Waals surface area contributed by atoms with E-state index < -0.39 is 9.53 Å². The van der Waals surface area contributed by atoms with Crippen LogP contribution in [-0.4, -0.2) is 40.2 Å². The van der Waals surface area contributed by atoms with E-state index in [4.69, 9.17) is 13.3 Å². The van der Waals surface area contributed by atoms with E-state index in [1.165, 1.54) is 37.4 Å². The van der Waals surface area contributed by atoms with E-state index in [2.05, 4.69) is 6.92 Å². The van der Waals surface area contributed by atoms with Gasteiger partial charge in [-0.3, -0.25) is 4.79 Å². The van der Waals surface area contributed by atoms with Gasteiger partial charge in [0.05, 0.1) is 0 Å². The van der Waals surface area contributed by atoms with Crippen LogP contribution in [0.2, 0.25) is 0 Å². The maximum Gasteiger partial charge on any atom is 0.484 e. The number of carbonyl (C=O) groups excluding carboxylic acids is 1. The zero-order valence-electron chi connectivity index (χ0n) is 15.3. The quantitative estimate of drug-likeness (QED) is 0.279. The molecule has 6 heteroatoms. The maximum absolute atomic E-state index is 11.7. The van der Waals surface area contributed by atoms with Gasteiger partial charge in [-0.05, 0) is 33.1 Å². The number of hydrogen-bond acceptors (Lipinski definition) is 5. The van der Waals surface area contributed by atoms with Crippen LogP contribution in [0, 0.1) is 0 Å². The van der Waals surface area contributed by atoms with Crippen molar-refractivity contribution in [2.75, 3.05) is 25.6 Å². The third-order valence-electron chi connectivity index (χ3n) is 3.40. The summed E-state index contributed by atoms with van der Waals surface area (Å²) in [6.07, 6.45) is 9.99. The van der Waals surface area contributed by atoms with Crippen LogP contribution in [0.15, 0.2) is 0 Å². The second kappa shape index (κ2) is 18.5. The topological polar surface area (TPSA) is 44.8 Å². The molecule has 0 bridgehead atoms. The van der Waals surface area contributed by atoms with Gasteiger partial charge < -0.3 is 13.3 Å². The Balaban J connectivity index is 3.35. The van der Waals surface area contributed by atoms with Crippen molar-refractivity contribution in [1.82, 2.24) is 0 Å². The number of hydrogen-bond donors (Lipinski definition) is 0. The van der Waals surface area contributed by atoms with Crippen molar-refractivity contribution in [3.8, 4) is 0 Å². The van der Waals surface area contributed by atoms with Crippen molar-refractivity contribution in [1.29, 1.82) is 0 Å². The summed E-state index contributed by atoms with van der Waals surface area (Å²) in [5, 5.41) is 0.359. The largest absolute Gasteiger partial charge is 0.484 e. The van der Waals surface area contributed by atoms with Gasteiger partial charge in [-0.1, -0.05) is 50.8 Å². The van der Waals surface area contributed by atoms with Crippen LogP contribution in [0.4, 0.5) is 0 Å². The van der Waals surface area contributed by atoms with Gasteiger partial charge in [0.15, 0.2) is 5.12 Å². The molecule has 0 atom stereocenters. The lowest BCUT2D eigenvalue weighted by molar-refractivity contribution is -0.111. The van der Waals surface area contributed by atoms with Gasteiger partial charge in [-0.25, -0.2) is 0 Å². The molecular weight excluding hydrogens is 328 g/mol. The first-order valence-electron chi connectivity index (χ1n) is 9.24. The first-order valence-corrected chi connectivity index (χ1v) is 11.6. The highest BCUT2D eigenvalue weighted by Gasteiger charge is 2.12. The summed E-state index contributed by atoms with van der Waals surface area (Å²) in [6.45, 7) is 8.12. The molecule has 0 aliphatic heterocycles. The van der Waals surface area contributed by atoms with E-state index in [1.807, 2.05) is 13.8 Å². The molecule has 0 amide bonds. The summed E-state index contributed by atoms with van der Waals surface area (Å²) in [5.41, 5.74) is 0. The number of carbonyl (C=O) groups is 1. The van der Waals surface area contributed by atoms with Crippen molar-refractivity contribution < 1.29 is 18.1 Å². The van der Waals surface area contributed by atoms with E-state index in [0.29, 0.717) is 24.9 Å². The van der Waals surface area contributed by atoms with Gasteiger partial charge >= 0.3 is 9.53 Å². The molecule has 0 aromatic carbocycles. The summed E-state index contributed by atoms with van der Waals surface area (Å²) in [5.74, 6) is 0.936. The van der Waals surface area contributed by atoms with Crippen LogP contribution in [-0.2, 0) is 18.1 Å². The van der Waals surface area contributed by atoms with E-state index >= 15 is 0 Å². The minimum absolute atomic E-state index is 0.359. The Kier molecular flexibility index (Phi) is 18.5. The Hall–Kier alpha value is 0.117. The third-order valence-corrected chi connectivity index (χ3v) is 6.13. The summed E-state index contributed by atoms with van der Waals surface area (Å²) < 4.78 is 16.6. The summed E-state index contributed by atoms with van der Waals surface area (Å²) >= 11 is 1.50. The number of thioether (sulfide) groups is 1. The molecule has 0 rings (SSSR count). The molecule has 0 aliphatic rings. The minimum atomic E-state index is -1.89. The molecule has 4 nitrogen and oxygen atoms in total. The molecule has 0 radical (unpaired) electrons. The molecule has 0 aromatic rings. The maximum atomic E-state index is 11.7. The van der Waals surface area contributed by atoms with Gasteiger partial charge in [-0.15, -0.1) is 0 Å². The molecule has 23 heavy (non-hydrogen) atoms. The molecule has 0 unspecified atom stereocenters. The zero-order chi connectivity index (χ0) is 17.2. The standard InChI is InChI=1S/C17H36O4SSi/c1-4-7-8-9-11-14-17(18)22-16-13-10-12-15-21-23(19-5-2)20-6-3/h23H,4-16H2,1-3H3. The normalized spacial score (nSPS) is 11.3. The Morgan fingerprint density at radius 1 is 0.826 bits per heavy atom. The average molecular weight is 365 g/mol. The summed E-state index contributed by atoms with van der Waals surface area (Å²) in [7, 11) is -1.89. The van der Waals surface area contributed by atoms with Crippen LogP contribution in [0.25, 0.3) is 0 Å². The van der Waals surface area contributed by atoms with Gasteiger partial charge in [-0.2, -0.15) is 0 Å². The van der Waals surface area contributed by atoms with Crippen LogP contribution < -0.4 is 0 Å². The second-order valence-electron chi connectivity index (χ2n) is 5.52. The molecule has 138 valence electrons. The lowest BCUT2D eigenvalue weighted by atomic mass is 10.1. The second-order valence-corrected chi connectivity index (χ2v) is 8.25. The van der Waals surface area contributed by atoms with Gasteiger partial charge in [0, 0.05) is 32.0 Å². The Morgan fingerprint density at radius 3 is 2.13 bits per heavy atom. The molecule has 0 saturated heterocycles. The SMILES string of the molecule is CCCCCCCC(=O)SCCCCCO[SiH](OCC)OCC. The predicted octanol–water partition coefficient (Wildman–Crippen LogP) is 4.58. The van der Waals surface area contributed by atoms with Crippen LogP contribution in [0.1, 0.15) is 78.6 Å². The van der Waals surface area contributed by atoms with Crippen LogP contribution in [0.3, 0.4) is 0 Å². The smallest absolute Gasteiger partial charge is 0.376 e. The fourth-order valence-electron chi connectivity index (χ4n) is 2.11. The zero-order valence-corrected chi connectivity index (χ0v) is 17.3. The Labute approximate surface area is 149 Å². The molecule has 0 aromatic heterocycles. The highest BCUT2D eigenvalue weighted by molar-refractivity contribution is 8.13. The summed E-state index contributed by atoms with van der Waals surface area (Å²) in [4.78, 5) is 11.7. The molecule has 0 spiro atoms. The predicted molar refractivity (Wildman–Crippen MR) is 101 cm³/mol. The molecule has 0 N–H and O–H groups in total. The Bertz CT molecular complexity index is 261. The number of rotatable bonds is 17. The van der Waals surface area contributed by atoms with E-state index in [9.17, 15) is 4.79 Å². The van der Waals surface area contributed by atoms with Crippen molar-refractivity contribution >= 4 is 26.4 Å². The fourth-order valence-corrected chi connectivity index (χ4v) is 4.16. The molecule has 0 saturated carbocycles. The molecule has 0 heterocycles. The van der Waals surface area contributed by atoms with Crippen LogP contribution >= 0.6 is 11.8 Å². The first kappa shape index (κ1) is 23.1. The lowest BCUT2D eigenvalue weighted by Crippen LogP contribution is -2.27. The first-order chi connectivity index (χ1) is 11.2. The van der Waals surface area contributed by atoms with Crippen LogP contribution in [0.5, 0.6) is 0 Å². The molecular formula is C17H36O4SSi. The molecule has 0 aliphatic carbocycles. The minimum Gasteiger partial charge on any atom is -0.376 e. The van der Waals surface area contributed by atoms with E-state index in [-0.39, 0.29) is 0 Å². The fraction of sp³-hybridized carbons (Fsp3) is 0.941. The van der Waals surface area contributed by atoms with Gasteiger partial charge in [0.2, 0.25) is 0 Å². The van der Waals surface area contributed by atoms with E-state index in [1.54, 1.807) is 0 Å². The third kappa shape index (κ3) is 16.7. The Morgan fingerprint density at radius 2 is 1.48 bits per heavy atom. The van der Waals surface area contributed by atoms with Gasteiger partial charge in [0.1, 0.15) is 0 Å². The van der Waals surface area contributed by atoms with Crippen molar-refractivity contribution in [3.05, 3.63) is 0 Å². The van der Waals surface area contributed by atoms with Crippen molar-refractivity contribution in [2.45, 2.75) is 78.6 Å². The molecule has 0 fully saturated rings. The lowest BCUT2D eigenvalue weighted by Gasteiger charge is -2.14. The van der Waals surface area contributed by atoms with Gasteiger partial charge in [0.25, 0.3) is 0 Å². The average Bonchev–Trinajstić information content (AvgIpc) is 2.54. The number of unbranched alkanes of at least 4 members (excludes halogenated alkanes) is 6. The van der Waals surface area contributed by atoms with E-state index in [0.717, 1.165) is 37.9 Å².